The molecule has 1 amide bonds. The number of piperidine rings is 1. The summed E-state index contributed by atoms with van der Waals surface area (Å²) in [4.78, 5) is 27.4. The van der Waals surface area contributed by atoms with Gasteiger partial charge in [-0.2, -0.15) is 0 Å². The van der Waals surface area contributed by atoms with Gasteiger partial charge in [0.2, 0.25) is 11.7 Å². The lowest BCUT2D eigenvalue weighted by Crippen LogP contribution is -2.50. The molecular formula is C25H35NO6. The predicted octanol–water partition coefficient (Wildman–Crippen LogP) is 4.40. The van der Waals surface area contributed by atoms with Crippen LogP contribution in [0.1, 0.15) is 62.8 Å². The molecule has 2 aliphatic rings. The van der Waals surface area contributed by atoms with Crippen LogP contribution < -0.4 is 14.2 Å². The van der Waals surface area contributed by atoms with Gasteiger partial charge in [-0.1, -0.05) is 31.9 Å². The van der Waals surface area contributed by atoms with E-state index in [1.165, 1.54) is 6.42 Å². The second kappa shape index (κ2) is 11.2. The maximum atomic E-state index is 13.9. The summed E-state index contributed by atoms with van der Waals surface area (Å²) in [5.41, 5.74) is 0.785. The van der Waals surface area contributed by atoms with Crippen LogP contribution in [0.3, 0.4) is 0 Å². The minimum atomic E-state index is -0.928. The summed E-state index contributed by atoms with van der Waals surface area (Å²) in [6.07, 6.45) is 8.99. The molecule has 1 aliphatic heterocycles. The van der Waals surface area contributed by atoms with Crippen LogP contribution >= 0.6 is 0 Å². The lowest BCUT2D eigenvalue weighted by molar-refractivity contribution is -0.153. The number of hydrogen-bond acceptors (Lipinski definition) is 5. The average molecular weight is 446 g/mol. The molecule has 1 saturated heterocycles. The van der Waals surface area contributed by atoms with Gasteiger partial charge in [0.1, 0.15) is 12.6 Å². The molecule has 0 bridgehead atoms. The molecule has 176 valence electrons. The normalized spacial score (nSPS) is 20.3. The summed E-state index contributed by atoms with van der Waals surface area (Å²) in [5.74, 6) is 0.122. The molecule has 2 atom stereocenters. The number of ether oxygens (including phenoxy) is 3. The molecule has 1 N–H and O–H groups in total. The fraction of sp³-hybridized carbons (Fsp3) is 0.600. The number of amides is 1. The van der Waals surface area contributed by atoms with Crippen molar-refractivity contribution >= 4 is 11.9 Å². The van der Waals surface area contributed by atoms with Gasteiger partial charge in [0, 0.05) is 6.54 Å². The average Bonchev–Trinajstić information content (AvgIpc) is 2.83. The molecule has 1 heterocycles. The summed E-state index contributed by atoms with van der Waals surface area (Å²) in [5, 5.41) is 9.75. The van der Waals surface area contributed by atoms with Crippen LogP contribution in [0.25, 0.3) is 0 Å². The summed E-state index contributed by atoms with van der Waals surface area (Å²) in [6.45, 7) is 4.47. The number of benzene rings is 1. The Morgan fingerprint density at radius 3 is 2.41 bits per heavy atom. The highest BCUT2D eigenvalue weighted by Crippen LogP contribution is 2.45. The van der Waals surface area contributed by atoms with E-state index < -0.39 is 17.9 Å². The molecule has 0 radical (unpaired) electrons. The van der Waals surface area contributed by atoms with Gasteiger partial charge in [0.05, 0.1) is 20.1 Å². The molecule has 7 nitrogen and oxygen atoms in total. The van der Waals surface area contributed by atoms with Crippen molar-refractivity contribution in [1.29, 1.82) is 0 Å². The zero-order valence-electron chi connectivity index (χ0n) is 19.2. The third-order valence-electron chi connectivity index (χ3n) is 6.64. The Labute approximate surface area is 190 Å². The van der Waals surface area contributed by atoms with Crippen molar-refractivity contribution in [2.24, 2.45) is 5.92 Å². The van der Waals surface area contributed by atoms with Crippen molar-refractivity contribution in [1.82, 2.24) is 4.90 Å². The summed E-state index contributed by atoms with van der Waals surface area (Å²) in [7, 11) is 3.11. The number of carbonyl (C=O) groups is 2. The van der Waals surface area contributed by atoms with Gasteiger partial charge in [-0.15, -0.1) is 0 Å². The lowest BCUT2D eigenvalue weighted by Gasteiger charge is -2.39. The van der Waals surface area contributed by atoms with Crippen LogP contribution in [0.4, 0.5) is 0 Å². The minimum absolute atomic E-state index is 0.106. The Hall–Kier alpha value is -2.70. The van der Waals surface area contributed by atoms with Crippen LogP contribution in [0.15, 0.2) is 24.8 Å². The van der Waals surface area contributed by atoms with E-state index in [1.807, 2.05) is 12.1 Å². The Morgan fingerprint density at radius 2 is 1.78 bits per heavy atom. The molecule has 7 heteroatoms. The van der Waals surface area contributed by atoms with Crippen LogP contribution in [-0.4, -0.2) is 55.3 Å². The predicted molar refractivity (Wildman–Crippen MR) is 122 cm³/mol. The highest BCUT2D eigenvalue weighted by molar-refractivity contribution is 5.89. The quantitative estimate of drug-likeness (QED) is 0.567. The van der Waals surface area contributed by atoms with E-state index in [-0.39, 0.29) is 18.4 Å². The number of carbonyl (C=O) groups excluding carboxylic acids is 1. The zero-order valence-corrected chi connectivity index (χ0v) is 19.2. The van der Waals surface area contributed by atoms with Crippen LogP contribution in [-0.2, 0) is 9.59 Å². The van der Waals surface area contributed by atoms with Crippen LogP contribution in [0.5, 0.6) is 17.2 Å². The first-order chi connectivity index (χ1) is 15.5. The molecule has 1 saturated carbocycles. The van der Waals surface area contributed by atoms with Gasteiger partial charge in [-0.05, 0) is 55.7 Å². The Kier molecular flexibility index (Phi) is 8.42. The Morgan fingerprint density at radius 1 is 1.09 bits per heavy atom. The molecule has 0 spiro atoms. The van der Waals surface area contributed by atoms with Gasteiger partial charge < -0.3 is 24.2 Å². The molecule has 3 rings (SSSR count). The lowest BCUT2D eigenvalue weighted by atomic mass is 9.75. The fourth-order valence-corrected chi connectivity index (χ4v) is 5.10. The topological polar surface area (TPSA) is 85.3 Å². The monoisotopic (exact) mass is 445 g/mol. The maximum Gasteiger partial charge on any atom is 0.326 e. The van der Waals surface area contributed by atoms with Crippen molar-refractivity contribution in [3.8, 4) is 17.2 Å². The van der Waals surface area contributed by atoms with E-state index in [2.05, 4.69) is 6.58 Å². The van der Waals surface area contributed by atoms with E-state index in [4.69, 9.17) is 14.2 Å². The largest absolute Gasteiger partial charge is 0.493 e. The number of carboxylic acids is 1. The maximum absolute atomic E-state index is 13.9. The zero-order chi connectivity index (χ0) is 23.1. The van der Waals surface area contributed by atoms with Crippen molar-refractivity contribution in [2.75, 3.05) is 27.4 Å². The molecule has 1 aliphatic carbocycles. The molecule has 1 aromatic carbocycles. The number of methoxy groups -OCH3 is 2. The molecular weight excluding hydrogens is 410 g/mol. The van der Waals surface area contributed by atoms with Crippen molar-refractivity contribution in [2.45, 2.75) is 63.3 Å². The van der Waals surface area contributed by atoms with Crippen molar-refractivity contribution in [3.63, 3.8) is 0 Å². The van der Waals surface area contributed by atoms with Gasteiger partial charge >= 0.3 is 5.97 Å². The van der Waals surface area contributed by atoms with Crippen molar-refractivity contribution < 1.29 is 28.9 Å². The number of rotatable bonds is 9. The Bertz CT molecular complexity index is 817. The van der Waals surface area contributed by atoms with Gasteiger partial charge in [-0.25, -0.2) is 4.79 Å². The van der Waals surface area contributed by atoms with E-state index in [0.717, 1.165) is 44.1 Å². The molecule has 32 heavy (non-hydrogen) atoms. The summed E-state index contributed by atoms with van der Waals surface area (Å²) >= 11 is 0. The molecule has 0 aromatic heterocycles. The first-order valence-corrected chi connectivity index (χ1v) is 11.5. The molecule has 2 unspecified atom stereocenters. The summed E-state index contributed by atoms with van der Waals surface area (Å²) < 4.78 is 16.9. The van der Waals surface area contributed by atoms with Gasteiger partial charge in [0.25, 0.3) is 0 Å². The van der Waals surface area contributed by atoms with E-state index >= 15 is 0 Å². The van der Waals surface area contributed by atoms with Crippen LogP contribution in [0.2, 0.25) is 0 Å². The minimum Gasteiger partial charge on any atom is -0.493 e. The standard InChI is InChI=1S/C25H35NO6/c1-4-14-32-21-16-18(15-20(30-2)23(21)31-3)22(17-10-6-5-7-11-17)24(27)26-13-9-8-12-19(26)25(28)29/h4,15-17,19,22H,1,5-14H2,2-3H3,(H,28,29). The smallest absolute Gasteiger partial charge is 0.326 e. The molecule has 2 fully saturated rings. The number of likely N-dealkylation sites (tertiary alicyclic amines) is 1. The second-order valence-electron chi connectivity index (χ2n) is 8.61. The fourth-order valence-electron chi connectivity index (χ4n) is 5.10. The molecule has 1 aromatic rings. The van der Waals surface area contributed by atoms with Crippen molar-refractivity contribution in [3.05, 3.63) is 30.4 Å². The highest BCUT2D eigenvalue weighted by Gasteiger charge is 2.40. The SMILES string of the molecule is C=CCOc1cc(C(C(=O)N2CCCCC2C(=O)O)C2CCCCC2)cc(OC)c1OC. The van der Waals surface area contributed by atoms with E-state index in [1.54, 1.807) is 25.2 Å². The third kappa shape index (κ3) is 5.19. The van der Waals surface area contributed by atoms with Gasteiger partial charge in [-0.3, -0.25) is 4.79 Å². The number of nitrogens with zero attached hydrogens (tertiary/aromatic N) is 1. The van der Waals surface area contributed by atoms with E-state index in [9.17, 15) is 14.7 Å². The van der Waals surface area contributed by atoms with Gasteiger partial charge in [0.15, 0.2) is 11.5 Å². The first kappa shape index (κ1) is 24.0. The first-order valence-electron chi connectivity index (χ1n) is 11.5. The highest BCUT2D eigenvalue weighted by atomic mass is 16.5. The number of carboxylic acid groups (broad SMARTS) is 1. The van der Waals surface area contributed by atoms with Crippen LogP contribution in [0, 0.1) is 5.92 Å². The van der Waals surface area contributed by atoms with E-state index in [0.29, 0.717) is 30.2 Å². The Balaban J connectivity index is 2.06. The summed E-state index contributed by atoms with van der Waals surface area (Å²) in [6, 6.07) is 2.93. The number of aliphatic carboxylic acids is 1. The number of hydrogen-bond donors (Lipinski definition) is 1. The second-order valence-corrected chi connectivity index (χ2v) is 8.61. The third-order valence-corrected chi connectivity index (χ3v) is 6.64.